The maximum atomic E-state index is 12.2. The van der Waals surface area contributed by atoms with Crippen LogP contribution in [-0.4, -0.2) is 45.2 Å². The molecule has 0 saturated heterocycles. The molecule has 0 aromatic heterocycles. The number of carbonyl (C=O) groups is 1. The number of hydrogen-bond acceptors (Lipinski definition) is 7. The zero-order valence-corrected chi connectivity index (χ0v) is 19.6. The fraction of sp³-hybridized carbons (Fsp3) is 0.409. The molecule has 2 aromatic rings. The van der Waals surface area contributed by atoms with Crippen molar-refractivity contribution in [1.82, 2.24) is 5.32 Å². The normalized spacial score (nSPS) is 13.1. The molecule has 9 nitrogen and oxygen atoms in total. The quantitative estimate of drug-likeness (QED) is 0.240. The molecule has 174 valence electrons. The second kappa shape index (κ2) is 13.1. The number of amides is 1. The summed E-state index contributed by atoms with van der Waals surface area (Å²) in [5.74, 6) is -0.141. The summed E-state index contributed by atoms with van der Waals surface area (Å²) < 4.78 is 20.2. The van der Waals surface area contributed by atoms with Crippen molar-refractivity contribution >= 4 is 30.8 Å². The standard InChI is InChI=1S/C22H31N4O5P/c1-26(2)21-14-12-20(13-15-21)25-24-19-10-8-18(9-11-19)22(27)23-16-6-4-5-7-17-31-32(28,29)30-3/h8-15H,4-7,16-17H2,1-3H3,(H,23,27)(H,28,29). The zero-order valence-electron chi connectivity index (χ0n) is 18.7. The summed E-state index contributed by atoms with van der Waals surface area (Å²) in [6.45, 7) is 0.722. The van der Waals surface area contributed by atoms with Gasteiger partial charge in [-0.1, -0.05) is 12.8 Å². The summed E-state index contributed by atoms with van der Waals surface area (Å²) in [6.07, 6.45) is 3.17. The van der Waals surface area contributed by atoms with Crippen molar-refractivity contribution in [2.45, 2.75) is 25.7 Å². The van der Waals surface area contributed by atoms with E-state index in [0.29, 0.717) is 24.2 Å². The number of azo groups is 1. The van der Waals surface area contributed by atoms with Crippen LogP contribution >= 0.6 is 7.82 Å². The summed E-state index contributed by atoms with van der Waals surface area (Å²) in [5, 5.41) is 11.3. The van der Waals surface area contributed by atoms with Crippen LogP contribution in [0, 0.1) is 0 Å². The van der Waals surface area contributed by atoms with Crippen molar-refractivity contribution in [3.63, 3.8) is 0 Å². The highest BCUT2D eigenvalue weighted by Gasteiger charge is 2.17. The van der Waals surface area contributed by atoms with E-state index in [0.717, 1.165) is 37.7 Å². The number of nitrogens with zero attached hydrogens (tertiary/aromatic N) is 3. The fourth-order valence-electron chi connectivity index (χ4n) is 2.73. The predicted octanol–water partition coefficient (Wildman–Crippen LogP) is 5.22. The molecule has 0 spiro atoms. The molecule has 0 aliphatic rings. The molecule has 0 heterocycles. The van der Waals surface area contributed by atoms with E-state index in [4.69, 9.17) is 9.42 Å². The van der Waals surface area contributed by atoms with Crippen molar-refractivity contribution in [3.05, 3.63) is 54.1 Å². The van der Waals surface area contributed by atoms with Gasteiger partial charge >= 0.3 is 7.82 Å². The summed E-state index contributed by atoms with van der Waals surface area (Å²) in [7, 11) is 1.21. The minimum Gasteiger partial charge on any atom is -0.378 e. The molecule has 10 heteroatoms. The number of unbranched alkanes of at least 4 members (excludes halogenated alkanes) is 3. The van der Waals surface area contributed by atoms with E-state index >= 15 is 0 Å². The molecule has 1 atom stereocenters. The van der Waals surface area contributed by atoms with Crippen molar-refractivity contribution in [2.75, 3.05) is 39.3 Å². The molecular weight excluding hydrogens is 431 g/mol. The lowest BCUT2D eigenvalue weighted by Crippen LogP contribution is -2.24. The van der Waals surface area contributed by atoms with Gasteiger partial charge in [0.15, 0.2) is 0 Å². The fourth-order valence-corrected chi connectivity index (χ4v) is 3.19. The first-order chi connectivity index (χ1) is 15.3. The number of hydrogen-bond donors (Lipinski definition) is 2. The van der Waals surface area contributed by atoms with Gasteiger partial charge in [0, 0.05) is 39.0 Å². The van der Waals surface area contributed by atoms with Crippen molar-refractivity contribution in [1.29, 1.82) is 0 Å². The van der Waals surface area contributed by atoms with Gasteiger partial charge in [-0.3, -0.25) is 13.8 Å². The van der Waals surface area contributed by atoms with E-state index in [1.54, 1.807) is 24.3 Å². The molecule has 2 N–H and O–H groups in total. The van der Waals surface area contributed by atoms with E-state index in [9.17, 15) is 9.36 Å². The first kappa shape index (κ1) is 25.7. The lowest BCUT2D eigenvalue weighted by molar-refractivity contribution is 0.0952. The maximum absolute atomic E-state index is 12.2. The third kappa shape index (κ3) is 9.28. The molecule has 0 bridgehead atoms. The molecule has 0 aliphatic carbocycles. The summed E-state index contributed by atoms with van der Waals surface area (Å²) in [6, 6.07) is 14.7. The highest BCUT2D eigenvalue weighted by Crippen LogP contribution is 2.41. The number of phosphoric ester groups is 1. The minimum absolute atomic E-state index is 0.141. The van der Waals surface area contributed by atoms with Gasteiger partial charge in [0.05, 0.1) is 18.0 Å². The zero-order chi connectivity index (χ0) is 23.4. The number of rotatable bonds is 13. The highest BCUT2D eigenvalue weighted by molar-refractivity contribution is 7.47. The molecule has 32 heavy (non-hydrogen) atoms. The van der Waals surface area contributed by atoms with Gasteiger partial charge in [-0.2, -0.15) is 10.2 Å². The Morgan fingerprint density at radius 3 is 2.09 bits per heavy atom. The van der Waals surface area contributed by atoms with Crippen LogP contribution in [0.4, 0.5) is 17.1 Å². The van der Waals surface area contributed by atoms with Gasteiger partial charge in [-0.25, -0.2) is 4.57 Å². The first-order valence-electron chi connectivity index (χ1n) is 10.4. The highest BCUT2D eigenvalue weighted by atomic mass is 31.2. The predicted molar refractivity (Wildman–Crippen MR) is 125 cm³/mol. The Hall–Kier alpha value is -2.58. The molecule has 1 amide bonds. The third-order valence-electron chi connectivity index (χ3n) is 4.62. The Kier molecular flexibility index (Phi) is 10.5. The molecule has 0 radical (unpaired) electrons. The van der Waals surface area contributed by atoms with Gasteiger partial charge in [0.2, 0.25) is 0 Å². The SMILES string of the molecule is COP(=O)(O)OCCCCCCNC(=O)c1ccc(N=Nc2ccc(N(C)C)cc2)cc1. The molecule has 2 aromatic carbocycles. The Morgan fingerprint density at radius 2 is 1.53 bits per heavy atom. The Labute approximate surface area is 189 Å². The van der Waals surface area contributed by atoms with Crippen LogP contribution < -0.4 is 10.2 Å². The number of anilines is 1. The number of benzene rings is 2. The second-order valence-corrected chi connectivity index (χ2v) is 8.87. The second-order valence-electron chi connectivity index (χ2n) is 7.31. The summed E-state index contributed by atoms with van der Waals surface area (Å²) in [4.78, 5) is 23.4. The van der Waals surface area contributed by atoms with Crippen LogP contribution in [0.15, 0.2) is 58.8 Å². The average molecular weight is 462 g/mol. The summed E-state index contributed by atoms with van der Waals surface area (Å²) >= 11 is 0. The number of carbonyl (C=O) groups excluding carboxylic acids is 1. The maximum Gasteiger partial charge on any atom is 0.471 e. The third-order valence-corrected chi connectivity index (χ3v) is 5.59. The smallest absolute Gasteiger partial charge is 0.378 e. The van der Waals surface area contributed by atoms with E-state index in [2.05, 4.69) is 20.1 Å². The lowest BCUT2D eigenvalue weighted by atomic mass is 10.2. The van der Waals surface area contributed by atoms with Crippen molar-refractivity contribution in [2.24, 2.45) is 10.2 Å². The largest absolute Gasteiger partial charge is 0.471 e. The molecule has 1 unspecified atom stereocenters. The summed E-state index contributed by atoms with van der Waals surface area (Å²) in [5.41, 5.74) is 3.08. The lowest BCUT2D eigenvalue weighted by Gasteiger charge is -2.11. The molecule has 0 fully saturated rings. The molecular formula is C22H31N4O5P. The molecule has 2 rings (SSSR count). The van der Waals surface area contributed by atoms with Gasteiger partial charge in [-0.15, -0.1) is 0 Å². The van der Waals surface area contributed by atoms with Crippen LogP contribution in [0.5, 0.6) is 0 Å². The van der Waals surface area contributed by atoms with E-state index in [1.165, 1.54) is 0 Å². The van der Waals surface area contributed by atoms with Crippen LogP contribution in [0.3, 0.4) is 0 Å². The van der Waals surface area contributed by atoms with Crippen molar-refractivity contribution in [3.8, 4) is 0 Å². The van der Waals surface area contributed by atoms with Gasteiger partial charge in [-0.05, 0) is 61.4 Å². The van der Waals surface area contributed by atoms with Gasteiger partial charge < -0.3 is 15.1 Å². The first-order valence-corrected chi connectivity index (χ1v) is 11.9. The number of phosphoric acid groups is 1. The van der Waals surface area contributed by atoms with Crippen molar-refractivity contribution < 1.29 is 23.3 Å². The molecule has 0 aliphatic heterocycles. The van der Waals surface area contributed by atoms with E-state index in [1.807, 2.05) is 43.3 Å². The van der Waals surface area contributed by atoms with Gasteiger partial charge in [0.1, 0.15) is 0 Å². The number of nitrogens with one attached hydrogen (secondary N) is 1. The van der Waals surface area contributed by atoms with Crippen LogP contribution in [-0.2, 0) is 13.6 Å². The Morgan fingerprint density at radius 1 is 0.969 bits per heavy atom. The van der Waals surface area contributed by atoms with Gasteiger partial charge in [0.25, 0.3) is 5.91 Å². The Bertz CT molecular complexity index is 917. The van der Waals surface area contributed by atoms with Crippen LogP contribution in [0.2, 0.25) is 0 Å². The Balaban J connectivity index is 1.68. The topological polar surface area (TPSA) is 113 Å². The minimum atomic E-state index is -3.88. The molecule has 0 saturated carbocycles. The average Bonchev–Trinajstić information content (AvgIpc) is 2.79. The van der Waals surface area contributed by atoms with E-state index in [-0.39, 0.29) is 12.5 Å². The van der Waals surface area contributed by atoms with E-state index < -0.39 is 7.82 Å². The van der Waals surface area contributed by atoms with Crippen LogP contribution in [0.1, 0.15) is 36.0 Å². The van der Waals surface area contributed by atoms with Crippen LogP contribution in [0.25, 0.3) is 0 Å². The monoisotopic (exact) mass is 462 g/mol.